The van der Waals surface area contributed by atoms with E-state index in [0.29, 0.717) is 22.5 Å². The predicted octanol–water partition coefficient (Wildman–Crippen LogP) is 2.54. The smallest absolute Gasteiger partial charge is 0.267 e. The molecule has 0 saturated carbocycles. The van der Waals surface area contributed by atoms with Crippen LogP contribution in [-0.2, 0) is 6.54 Å². The number of benzene rings is 1. The van der Waals surface area contributed by atoms with Crippen molar-refractivity contribution in [3.05, 3.63) is 57.5 Å². The molecular formula is C17H19FN4O2. The summed E-state index contributed by atoms with van der Waals surface area (Å²) in [5, 5.41) is 4.14. The number of aromatic nitrogens is 3. The summed E-state index contributed by atoms with van der Waals surface area (Å²) in [6.07, 6.45) is 0. The molecule has 0 aliphatic heterocycles. The standard InChI is InChI=1S/C17H19FN4O2/c1-9(2)14(19)15-20-16-13(10(3)21-24-16)17(23)22(15)8-11-5-4-6-12(18)7-11/h4-7,9,14H,8,19H2,1-3H3. The van der Waals surface area contributed by atoms with Crippen molar-refractivity contribution in [2.75, 3.05) is 0 Å². The number of fused-ring (bicyclic) bond motifs is 1. The fraction of sp³-hybridized carbons (Fsp3) is 0.353. The normalized spacial score (nSPS) is 12.9. The Kier molecular flexibility index (Phi) is 4.19. The molecule has 1 unspecified atom stereocenters. The third kappa shape index (κ3) is 2.82. The Morgan fingerprint density at radius 3 is 2.79 bits per heavy atom. The van der Waals surface area contributed by atoms with Gasteiger partial charge in [0.1, 0.15) is 17.0 Å². The molecular weight excluding hydrogens is 311 g/mol. The van der Waals surface area contributed by atoms with Crippen molar-refractivity contribution >= 4 is 11.1 Å². The molecule has 3 rings (SSSR count). The lowest BCUT2D eigenvalue weighted by Crippen LogP contribution is -2.32. The lowest BCUT2D eigenvalue weighted by Gasteiger charge is -2.20. The van der Waals surface area contributed by atoms with Gasteiger partial charge in [-0.1, -0.05) is 31.1 Å². The Morgan fingerprint density at radius 2 is 2.12 bits per heavy atom. The molecule has 0 aliphatic carbocycles. The Balaban J connectivity index is 2.22. The van der Waals surface area contributed by atoms with Crippen LogP contribution in [0, 0.1) is 18.7 Å². The van der Waals surface area contributed by atoms with Gasteiger partial charge in [-0.15, -0.1) is 0 Å². The van der Waals surface area contributed by atoms with E-state index in [1.807, 2.05) is 13.8 Å². The van der Waals surface area contributed by atoms with Crippen molar-refractivity contribution in [2.45, 2.75) is 33.4 Å². The van der Waals surface area contributed by atoms with Crippen LogP contribution in [0.25, 0.3) is 11.1 Å². The number of nitrogens with two attached hydrogens (primary N) is 1. The summed E-state index contributed by atoms with van der Waals surface area (Å²) in [5.74, 6) is 0.116. The molecule has 0 amide bonds. The third-order valence-corrected chi connectivity index (χ3v) is 4.04. The van der Waals surface area contributed by atoms with Crippen molar-refractivity contribution in [3.63, 3.8) is 0 Å². The molecule has 0 spiro atoms. The minimum atomic E-state index is -0.457. The first-order chi connectivity index (χ1) is 11.4. The van der Waals surface area contributed by atoms with Crippen LogP contribution in [0.3, 0.4) is 0 Å². The van der Waals surface area contributed by atoms with Gasteiger partial charge >= 0.3 is 0 Å². The maximum absolute atomic E-state index is 13.5. The number of nitrogens with zero attached hydrogens (tertiary/aromatic N) is 3. The predicted molar refractivity (Wildman–Crippen MR) is 88.1 cm³/mol. The second-order valence-corrected chi connectivity index (χ2v) is 6.21. The minimum Gasteiger partial charge on any atom is -0.335 e. The first-order valence-corrected chi connectivity index (χ1v) is 7.75. The van der Waals surface area contributed by atoms with Crippen molar-refractivity contribution in [2.24, 2.45) is 11.7 Å². The number of hydrogen-bond donors (Lipinski definition) is 1. The third-order valence-electron chi connectivity index (χ3n) is 4.04. The molecule has 0 saturated heterocycles. The Bertz CT molecular complexity index is 945. The van der Waals surface area contributed by atoms with E-state index in [-0.39, 0.29) is 29.6 Å². The Labute approximate surface area is 138 Å². The lowest BCUT2D eigenvalue weighted by molar-refractivity contribution is 0.429. The molecule has 2 aromatic heterocycles. The van der Waals surface area contributed by atoms with Gasteiger partial charge < -0.3 is 10.3 Å². The van der Waals surface area contributed by atoms with Gasteiger partial charge in [0.05, 0.1) is 18.3 Å². The zero-order chi connectivity index (χ0) is 17.4. The van der Waals surface area contributed by atoms with Gasteiger partial charge in [-0.05, 0) is 30.5 Å². The van der Waals surface area contributed by atoms with Gasteiger partial charge in [0, 0.05) is 0 Å². The first-order valence-electron chi connectivity index (χ1n) is 7.75. The second kappa shape index (κ2) is 6.16. The molecule has 1 aromatic carbocycles. The molecule has 126 valence electrons. The highest BCUT2D eigenvalue weighted by atomic mass is 19.1. The van der Waals surface area contributed by atoms with Crippen molar-refractivity contribution in [1.29, 1.82) is 0 Å². The molecule has 0 fully saturated rings. The zero-order valence-electron chi connectivity index (χ0n) is 13.8. The molecule has 6 nitrogen and oxygen atoms in total. The summed E-state index contributed by atoms with van der Waals surface area (Å²) in [7, 11) is 0. The summed E-state index contributed by atoms with van der Waals surface area (Å²) < 4.78 is 20.1. The van der Waals surface area contributed by atoms with Crippen molar-refractivity contribution in [3.8, 4) is 0 Å². The van der Waals surface area contributed by atoms with E-state index in [1.54, 1.807) is 19.1 Å². The van der Waals surface area contributed by atoms with Gasteiger partial charge in [0.15, 0.2) is 0 Å². The van der Waals surface area contributed by atoms with Gasteiger partial charge in [0.2, 0.25) is 0 Å². The van der Waals surface area contributed by atoms with E-state index in [4.69, 9.17) is 10.3 Å². The largest absolute Gasteiger partial charge is 0.335 e. The molecule has 3 aromatic rings. The van der Waals surface area contributed by atoms with Crippen LogP contribution in [0.5, 0.6) is 0 Å². The van der Waals surface area contributed by atoms with Gasteiger partial charge in [-0.3, -0.25) is 9.36 Å². The lowest BCUT2D eigenvalue weighted by atomic mass is 10.0. The quantitative estimate of drug-likeness (QED) is 0.794. The van der Waals surface area contributed by atoms with E-state index < -0.39 is 6.04 Å². The fourth-order valence-electron chi connectivity index (χ4n) is 2.61. The fourth-order valence-corrected chi connectivity index (χ4v) is 2.61. The summed E-state index contributed by atoms with van der Waals surface area (Å²) >= 11 is 0. The molecule has 2 N–H and O–H groups in total. The molecule has 2 heterocycles. The van der Waals surface area contributed by atoms with Crippen LogP contribution in [0.2, 0.25) is 0 Å². The van der Waals surface area contributed by atoms with Crippen molar-refractivity contribution in [1.82, 2.24) is 14.7 Å². The van der Waals surface area contributed by atoms with E-state index in [0.717, 1.165) is 0 Å². The molecule has 0 bridgehead atoms. The van der Waals surface area contributed by atoms with E-state index in [2.05, 4.69) is 10.1 Å². The monoisotopic (exact) mass is 330 g/mol. The Hall–Kier alpha value is -2.54. The highest BCUT2D eigenvalue weighted by Crippen LogP contribution is 2.20. The molecule has 1 atom stereocenters. The van der Waals surface area contributed by atoms with Gasteiger partial charge in [-0.25, -0.2) is 4.39 Å². The maximum atomic E-state index is 13.5. The molecule has 0 radical (unpaired) electrons. The first kappa shape index (κ1) is 16.3. The van der Waals surface area contributed by atoms with E-state index in [9.17, 15) is 9.18 Å². The number of halogens is 1. The van der Waals surface area contributed by atoms with Crippen LogP contribution in [0.4, 0.5) is 4.39 Å². The number of aryl methyl sites for hydroxylation is 1. The highest BCUT2D eigenvalue weighted by Gasteiger charge is 2.22. The van der Waals surface area contributed by atoms with Crippen LogP contribution < -0.4 is 11.3 Å². The summed E-state index contributed by atoms with van der Waals surface area (Å²) in [6.45, 7) is 5.75. The van der Waals surface area contributed by atoms with Gasteiger partial charge in [0.25, 0.3) is 11.3 Å². The summed E-state index contributed by atoms with van der Waals surface area (Å²) in [6, 6.07) is 5.65. The molecule has 7 heteroatoms. The van der Waals surface area contributed by atoms with Gasteiger partial charge in [-0.2, -0.15) is 4.98 Å². The molecule has 0 aliphatic rings. The average molecular weight is 330 g/mol. The zero-order valence-corrected chi connectivity index (χ0v) is 13.8. The topological polar surface area (TPSA) is 86.9 Å². The van der Waals surface area contributed by atoms with Crippen LogP contribution in [-0.4, -0.2) is 14.7 Å². The Morgan fingerprint density at radius 1 is 1.38 bits per heavy atom. The van der Waals surface area contributed by atoms with Crippen LogP contribution >= 0.6 is 0 Å². The highest BCUT2D eigenvalue weighted by molar-refractivity contribution is 5.74. The average Bonchev–Trinajstić information content (AvgIpc) is 2.90. The second-order valence-electron chi connectivity index (χ2n) is 6.21. The minimum absolute atomic E-state index is 0.0668. The van der Waals surface area contributed by atoms with E-state index >= 15 is 0 Å². The van der Waals surface area contributed by atoms with E-state index in [1.165, 1.54) is 16.7 Å². The van der Waals surface area contributed by atoms with Crippen LogP contribution in [0.15, 0.2) is 33.6 Å². The number of rotatable bonds is 4. The van der Waals surface area contributed by atoms with Crippen molar-refractivity contribution < 1.29 is 8.91 Å². The summed E-state index contributed by atoms with van der Waals surface area (Å²) in [5.41, 5.74) is 7.26. The molecule has 24 heavy (non-hydrogen) atoms. The number of hydrogen-bond acceptors (Lipinski definition) is 5. The SMILES string of the molecule is Cc1noc2nc(C(N)C(C)C)n(Cc3cccc(F)c3)c(=O)c12. The van der Waals surface area contributed by atoms with Crippen LogP contribution in [0.1, 0.15) is 37.0 Å². The summed E-state index contributed by atoms with van der Waals surface area (Å²) in [4.78, 5) is 17.3. The maximum Gasteiger partial charge on any atom is 0.267 e.